The molecule has 1 aliphatic heterocycles. The van der Waals surface area contributed by atoms with E-state index < -0.39 is 35.2 Å². The molecule has 0 aliphatic carbocycles. The lowest BCUT2D eigenvalue weighted by atomic mass is 9.83. The van der Waals surface area contributed by atoms with Crippen molar-refractivity contribution in [3.63, 3.8) is 0 Å². The van der Waals surface area contributed by atoms with Crippen LogP contribution in [0.3, 0.4) is 0 Å². The third-order valence-electron chi connectivity index (χ3n) is 3.22. The molecule has 0 aromatic rings. The lowest BCUT2D eigenvalue weighted by Gasteiger charge is -2.33. The van der Waals surface area contributed by atoms with Gasteiger partial charge in [-0.3, -0.25) is 14.9 Å². The molecule has 1 saturated heterocycles. The fourth-order valence-corrected chi connectivity index (χ4v) is 3.11. The number of aliphatic hydroxyl groups is 1. The van der Waals surface area contributed by atoms with E-state index in [1.165, 1.54) is 18.7 Å². The molecule has 1 heterocycles. The molecule has 0 aromatic carbocycles. The summed E-state index contributed by atoms with van der Waals surface area (Å²) in [5.74, 6) is -1.35. The monoisotopic (exact) mass is 304 g/mol. The predicted octanol–water partition coefficient (Wildman–Crippen LogP) is -0.880. The van der Waals surface area contributed by atoms with Crippen LogP contribution in [0.5, 0.6) is 0 Å². The first-order valence-electron chi connectivity index (χ1n) is 6.36. The number of nitrogens with two attached hydrogens (primary N) is 1. The molecule has 0 bridgehead atoms. The van der Waals surface area contributed by atoms with E-state index in [2.05, 4.69) is 5.32 Å². The zero-order chi connectivity index (χ0) is 15.3. The van der Waals surface area contributed by atoms with E-state index >= 15 is 0 Å². The molecular weight excluding hydrogens is 284 g/mol. The van der Waals surface area contributed by atoms with E-state index in [1.807, 2.05) is 0 Å². The maximum Gasteiger partial charge on any atom is 0.306 e. The summed E-state index contributed by atoms with van der Waals surface area (Å²) in [6.45, 7) is 1.99. The number of hydrogen-bond donors (Lipinski definition) is 4. The SMILES string of the molecule is CC(=O)CCC(N)C(O)(CC(=O)O)C(=O)C1NCCS1. The van der Waals surface area contributed by atoms with Gasteiger partial charge in [0.2, 0.25) is 0 Å². The Labute approximate surface area is 121 Å². The van der Waals surface area contributed by atoms with Crippen LogP contribution in [0.15, 0.2) is 0 Å². The van der Waals surface area contributed by atoms with Gasteiger partial charge in [-0.15, -0.1) is 11.8 Å². The largest absolute Gasteiger partial charge is 0.481 e. The van der Waals surface area contributed by atoms with Crippen molar-refractivity contribution in [1.82, 2.24) is 5.32 Å². The lowest BCUT2D eigenvalue weighted by molar-refractivity contribution is -0.153. The molecule has 0 radical (unpaired) electrons. The van der Waals surface area contributed by atoms with Gasteiger partial charge in [-0.1, -0.05) is 0 Å². The van der Waals surface area contributed by atoms with Crippen LogP contribution in [0.1, 0.15) is 26.2 Å². The first-order chi connectivity index (χ1) is 9.27. The third kappa shape index (κ3) is 4.27. The number of carbonyl (C=O) groups excluding carboxylic acids is 2. The molecule has 0 amide bonds. The Kier molecular flexibility index (Phi) is 6.12. The minimum Gasteiger partial charge on any atom is -0.481 e. The second kappa shape index (κ2) is 7.16. The van der Waals surface area contributed by atoms with Crippen LogP contribution < -0.4 is 11.1 Å². The summed E-state index contributed by atoms with van der Waals surface area (Å²) >= 11 is 1.31. The molecule has 5 N–H and O–H groups in total. The summed E-state index contributed by atoms with van der Waals surface area (Å²) in [6.07, 6.45) is -0.590. The fraction of sp³-hybridized carbons (Fsp3) is 0.750. The Balaban J connectivity index is 2.85. The van der Waals surface area contributed by atoms with E-state index in [9.17, 15) is 19.5 Å². The van der Waals surface area contributed by atoms with Gasteiger partial charge in [0.1, 0.15) is 11.2 Å². The van der Waals surface area contributed by atoms with Gasteiger partial charge < -0.3 is 20.7 Å². The van der Waals surface area contributed by atoms with Crippen LogP contribution in [0.25, 0.3) is 0 Å². The minimum atomic E-state index is -2.16. The summed E-state index contributed by atoms with van der Waals surface area (Å²) < 4.78 is 0. The van der Waals surface area contributed by atoms with Crippen molar-refractivity contribution in [1.29, 1.82) is 0 Å². The molecule has 114 valence electrons. The van der Waals surface area contributed by atoms with Crippen molar-refractivity contribution in [3.8, 4) is 0 Å². The molecule has 3 atom stereocenters. The van der Waals surface area contributed by atoms with Crippen LogP contribution in [0, 0.1) is 0 Å². The average Bonchev–Trinajstić information content (AvgIpc) is 2.87. The van der Waals surface area contributed by atoms with Crippen molar-refractivity contribution in [2.75, 3.05) is 12.3 Å². The van der Waals surface area contributed by atoms with E-state index in [1.54, 1.807) is 0 Å². The molecule has 7 nitrogen and oxygen atoms in total. The molecule has 8 heteroatoms. The van der Waals surface area contributed by atoms with Gasteiger partial charge in [0.15, 0.2) is 11.4 Å². The van der Waals surface area contributed by atoms with E-state index in [0.29, 0.717) is 12.3 Å². The van der Waals surface area contributed by atoms with Crippen molar-refractivity contribution >= 4 is 29.3 Å². The van der Waals surface area contributed by atoms with Gasteiger partial charge in [0, 0.05) is 24.8 Å². The maximum atomic E-state index is 12.3. The van der Waals surface area contributed by atoms with Gasteiger partial charge in [-0.2, -0.15) is 0 Å². The van der Waals surface area contributed by atoms with E-state index in [4.69, 9.17) is 10.8 Å². The molecule has 1 aliphatic rings. The summed E-state index contributed by atoms with van der Waals surface area (Å²) in [7, 11) is 0. The summed E-state index contributed by atoms with van der Waals surface area (Å²) in [5.41, 5.74) is 3.64. The van der Waals surface area contributed by atoms with Gasteiger partial charge in [0.05, 0.1) is 6.42 Å². The first-order valence-corrected chi connectivity index (χ1v) is 7.40. The quantitative estimate of drug-likeness (QED) is 0.455. The summed E-state index contributed by atoms with van der Waals surface area (Å²) in [6, 6.07) is -1.09. The molecule has 1 fully saturated rings. The van der Waals surface area contributed by atoms with Crippen LogP contribution in [-0.2, 0) is 14.4 Å². The van der Waals surface area contributed by atoms with Crippen LogP contribution in [0.4, 0.5) is 0 Å². The standard InChI is InChI=1S/C12H20N2O5S/c1-7(15)2-3-8(13)12(19,6-9(16)17)10(18)11-14-4-5-20-11/h8,11,14,19H,2-6,13H2,1H3,(H,16,17). The number of thioether (sulfide) groups is 1. The van der Waals surface area contributed by atoms with Gasteiger partial charge >= 0.3 is 5.97 Å². The van der Waals surface area contributed by atoms with Crippen molar-refractivity contribution in [3.05, 3.63) is 0 Å². The van der Waals surface area contributed by atoms with Crippen LogP contribution >= 0.6 is 11.8 Å². The number of ketones is 2. The number of carboxylic acids is 1. The number of aliphatic carboxylic acids is 1. The average molecular weight is 304 g/mol. The molecule has 0 saturated carbocycles. The number of Topliss-reactive ketones (excluding diaryl/α,β-unsaturated/α-hetero) is 2. The van der Waals surface area contributed by atoms with Crippen molar-refractivity contribution in [2.24, 2.45) is 5.73 Å². The van der Waals surface area contributed by atoms with Gasteiger partial charge in [-0.05, 0) is 13.3 Å². The van der Waals surface area contributed by atoms with E-state index in [0.717, 1.165) is 0 Å². The van der Waals surface area contributed by atoms with Crippen molar-refractivity contribution < 1.29 is 24.6 Å². The normalized spacial score (nSPS) is 23.1. The predicted molar refractivity (Wildman–Crippen MR) is 74.3 cm³/mol. The fourth-order valence-electron chi connectivity index (χ4n) is 2.05. The molecule has 1 rings (SSSR count). The highest BCUT2D eigenvalue weighted by Gasteiger charge is 2.47. The van der Waals surface area contributed by atoms with Crippen molar-refractivity contribution in [2.45, 2.75) is 43.2 Å². The minimum absolute atomic E-state index is 0.0717. The lowest BCUT2D eigenvalue weighted by Crippen LogP contribution is -2.59. The topological polar surface area (TPSA) is 130 Å². The molecule has 0 spiro atoms. The Morgan fingerprint density at radius 3 is 2.60 bits per heavy atom. The third-order valence-corrected chi connectivity index (χ3v) is 4.38. The summed E-state index contributed by atoms with van der Waals surface area (Å²) in [4.78, 5) is 34.2. The number of rotatable bonds is 8. The zero-order valence-electron chi connectivity index (χ0n) is 11.3. The Morgan fingerprint density at radius 2 is 2.15 bits per heavy atom. The van der Waals surface area contributed by atoms with Crippen LogP contribution in [-0.4, -0.2) is 57.1 Å². The Morgan fingerprint density at radius 1 is 1.50 bits per heavy atom. The zero-order valence-corrected chi connectivity index (χ0v) is 12.1. The Bertz CT molecular complexity index is 397. The second-order valence-electron chi connectivity index (χ2n) is 4.91. The highest BCUT2D eigenvalue weighted by atomic mass is 32.2. The number of carboxylic acid groups (broad SMARTS) is 1. The maximum absolute atomic E-state index is 12.3. The molecular formula is C12H20N2O5S. The summed E-state index contributed by atoms with van der Waals surface area (Å²) in [5, 5.41) is 21.6. The number of carbonyl (C=O) groups is 3. The smallest absolute Gasteiger partial charge is 0.306 e. The highest BCUT2D eigenvalue weighted by molar-refractivity contribution is 8.00. The van der Waals surface area contributed by atoms with E-state index in [-0.39, 0.29) is 18.6 Å². The van der Waals surface area contributed by atoms with Gasteiger partial charge in [0.25, 0.3) is 0 Å². The highest BCUT2D eigenvalue weighted by Crippen LogP contribution is 2.26. The first kappa shape index (κ1) is 17.1. The molecule has 3 unspecified atom stereocenters. The second-order valence-corrected chi connectivity index (χ2v) is 6.12. The molecule has 0 aromatic heterocycles. The number of nitrogens with one attached hydrogen (secondary N) is 1. The Hall–Kier alpha value is -0.960. The van der Waals surface area contributed by atoms with Gasteiger partial charge in [-0.25, -0.2) is 0 Å². The molecule has 20 heavy (non-hydrogen) atoms. The number of hydrogen-bond acceptors (Lipinski definition) is 7. The van der Waals surface area contributed by atoms with Crippen LogP contribution in [0.2, 0.25) is 0 Å².